The van der Waals surface area contributed by atoms with Crippen LogP contribution < -0.4 is 5.32 Å². The summed E-state index contributed by atoms with van der Waals surface area (Å²) in [5.41, 5.74) is 0. The van der Waals surface area contributed by atoms with Gasteiger partial charge in [0.15, 0.2) is 0 Å². The molecule has 1 saturated heterocycles. The number of nitrogens with one attached hydrogen (secondary N) is 1. The summed E-state index contributed by atoms with van der Waals surface area (Å²) in [5.74, 6) is 1.72. The largest absolute Gasteiger partial charge is 0.378 e. The minimum absolute atomic E-state index is 0.523. The van der Waals surface area contributed by atoms with E-state index in [1.54, 1.807) is 0 Å². The van der Waals surface area contributed by atoms with Gasteiger partial charge in [0.1, 0.15) is 0 Å². The summed E-state index contributed by atoms with van der Waals surface area (Å²) in [6.45, 7) is 14.3. The van der Waals surface area contributed by atoms with E-state index in [2.05, 4.69) is 37.9 Å². The normalized spacial score (nSPS) is 23.3. The standard InChI is InChI=1S/C32H64N2O/c1-5-9-12-13-15-19-30(18-14-10-6-2)33-31-24-32(25-31)35-27-29-20-22-34(23-21-29)26-28(16-8-4)17-11-7-3/h28-33H,5-27H2,1-4H3. The third-order valence-electron chi connectivity index (χ3n) is 8.83. The second-order valence-electron chi connectivity index (χ2n) is 12.2. The maximum absolute atomic E-state index is 6.40. The van der Waals surface area contributed by atoms with Gasteiger partial charge >= 0.3 is 0 Å². The topological polar surface area (TPSA) is 24.5 Å². The first kappa shape index (κ1) is 31.1. The van der Waals surface area contributed by atoms with Crippen LogP contribution in [0.5, 0.6) is 0 Å². The van der Waals surface area contributed by atoms with Crippen molar-refractivity contribution >= 4 is 0 Å². The van der Waals surface area contributed by atoms with Crippen LogP contribution in [-0.2, 0) is 4.74 Å². The molecule has 0 aromatic rings. The van der Waals surface area contributed by atoms with E-state index in [0.29, 0.717) is 12.1 Å². The van der Waals surface area contributed by atoms with Gasteiger partial charge in [0, 0.05) is 25.2 Å². The monoisotopic (exact) mass is 493 g/mol. The summed E-state index contributed by atoms with van der Waals surface area (Å²) in [4.78, 5) is 2.76. The highest BCUT2D eigenvalue weighted by atomic mass is 16.5. The van der Waals surface area contributed by atoms with Crippen molar-refractivity contribution in [2.45, 2.75) is 168 Å². The van der Waals surface area contributed by atoms with E-state index in [4.69, 9.17) is 4.74 Å². The smallest absolute Gasteiger partial charge is 0.0605 e. The van der Waals surface area contributed by atoms with Crippen molar-refractivity contribution in [2.24, 2.45) is 11.8 Å². The predicted molar refractivity (Wildman–Crippen MR) is 154 cm³/mol. The molecular weight excluding hydrogens is 428 g/mol. The highest BCUT2D eigenvalue weighted by Crippen LogP contribution is 2.28. The summed E-state index contributed by atoms with van der Waals surface area (Å²) in [6.07, 6.45) is 26.5. The van der Waals surface area contributed by atoms with Crippen molar-refractivity contribution in [1.29, 1.82) is 0 Å². The summed E-state index contributed by atoms with van der Waals surface area (Å²) in [6, 6.07) is 1.45. The van der Waals surface area contributed by atoms with E-state index in [0.717, 1.165) is 24.5 Å². The highest BCUT2D eigenvalue weighted by Gasteiger charge is 2.32. The van der Waals surface area contributed by atoms with Crippen molar-refractivity contribution in [3.8, 4) is 0 Å². The summed E-state index contributed by atoms with van der Waals surface area (Å²) >= 11 is 0. The fraction of sp³-hybridized carbons (Fsp3) is 1.00. The van der Waals surface area contributed by atoms with Crippen LogP contribution in [0.2, 0.25) is 0 Å². The average Bonchev–Trinajstić information content (AvgIpc) is 2.84. The maximum Gasteiger partial charge on any atom is 0.0605 e. The molecular formula is C32H64N2O. The number of nitrogens with zero attached hydrogens (tertiary/aromatic N) is 1. The Morgan fingerprint density at radius 1 is 0.714 bits per heavy atom. The molecule has 3 heteroatoms. The minimum atomic E-state index is 0.523. The Hall–Kier alpha value is -0.120. The average molecular weight is 493 g/mol. The Bertz CT molecular complexity index is 470. The zero-order valence-corrected chi connectivity index (χ0v) is 24.5. The van der Waals surface area contributed by atoms with Crippen LogP contribution in [0.1, 0.15) is 150 Å². The molecule has 2 atom stereocenters. The highest BCUT2D eigenvalue weighted by molar-refractivity contribution is 4.89. The number of piperidine rings is 1. The minimum Gasteiger partial charge on any atom is -0.378 e. The van der Waals surface area contributed by atoms with Gasteiger partial charge in [0.25, 0.3) is 0 Å². The van der Waals surface area contributed by atoms with Crippen molar-refractivity contribution in [2.75, 3.05) is 26.2 Å². The van der Waals surface area contributed by atoms with Gasteiger partial charge in [-0.3, -0.25) is 0 Å². The van der Waals surface area contributed by atoms with E-state index >= 15 is 0 Å². The molecule has 0 aromatic heterocycles. The fourth-order valence-electron chi connectivity index (χ4n) is 6.32. The zero-order chi connectivity index (χ0) is 25.1. The molecule has 3 nitrogen and oxygen atoms in total. The Labute approximate surface area is 220 Å². The molecule has 1 aliphatic carbocycles. The Kier molecular flexibility index (Phi) is 17.7. The molecule has 208 valence electrons. The van der Waals surface area contributed by atoms with Gasteiger partial charge in [-0.25, -0.2) is 0 Å². The second kappa shape index (κ2) is 19.9. The molecule has 1 N–H and O–H groups in total. The van der Waals surface area contributed by atoms with Crippen LogP contribution >= 0.6 is 0 Å². The number of unbranched alkanes of at least 4 members (excludes halogenated alkanes) is 7. The second-order valence-corrected chi connectivity index (χ2v) is 12.2. The van der Waals surface area contributed by atoms with E-state index in [1.165, 1.54) is 142 Å². The van der Waals surface area contributed by atoms with Gasteiger partial charge in [-0.1, -0.05) is 98.3 Å². The first-order chi connectivity index (χ1) is 17.2. The van der Waals surface area contributed by atoms with Crippen LogP contribution in [0.3, 0.4) is 0 Å². The van der Waals surface area contributed by atoms with E-state index in [9.17, 15) is 0 Å². The SMILES string of the molecule is CCCCCCCC(CCCCC)NC1CC(OCC2CCN(CC(CCC)CCCC)CC2)C1. The molecule has 1 saturated carbocycles. The first-order valence-electron chi connectivity index (χ1n) is 16.3. The van der Waals surface area contributed by atoms with Gasteiger partial charge in [0.2, 0.25) is 0 Å². The van der Waals surface area contributed by atoms with Crippen molar-refractivity contribution in [3.05, 3.63) is 0 Å². The van der Waals surface area contributed by atoms with E-state index in [-0.39, 0.29) is 0 Å². The fourth-order valence-corrected chi connectivity index (χ4v) is 6.32. The number of hydrogen-bond acceptors (Lipinski definition) is 3. The van der Waals surface area contributed by atoms with Crippen molar-refractivity contribution < 1.29 is 4.74 Å². The van der Waals surface area contributed by atoms with Crippen LogP contribution in [-0.4, -0.2) is 49.3 Å². The summed E-state index contributed by atoms with van der Waals surface area (Å²) < 4.78 is 6.40. The summed E-state index contributed by atoms with van der Waals surface area (Å²) in [7, 11) is 0. The van der Waals surface area contributed by atoms with Crippen molar-refractivity contribution in [1.82, 2.24) is 10.2 Å². The van der Waals surface area contributed by atoms with Gasteiger partial charge in [-0.15, -0.1) is 0 Å². The van der Waals surface area contributed by atoms with Crippen molar-refractivity contribution in [3.63, 3.8) is 0 Å². The molecule has 0 aromatic carbocycles. The molecule has 35 heavy (non-hydrogen) atoms. The lowest BCUT2D eigenvalue weighted by atomic mass is 9.87. The molecule has 1 heterocycles. The number of rotatable bonds is 22. The molecule has 0 amide bonds. The maximum atomic E-state index is 6.40. The number of ether oxygens (including phenoxy) is 1. The molecule has 0 radical (unpaired) electrons. The van der Waals surface area contributed by atoms with Gasteiger partial charge in [0.05, 0.1) is 6.10 Å². The Morgan fingerprint density at radius 2 is 1.34 bits per heavy atom. The third-order valence-corrected chi connectivity index (χ3v) is 8.83. The van der Waals surface area contributed by atoms with Gasteiger partial charge in [-0.05, 0) is 76.3 Å². The van der Waals surface area contributed by atoms with Crippen LogP contribution in [0.25, 0.3) is 0 Å². The third kappa shape index (κ3) is 13.8. The lowest BCUT2D eigenvalue weighted by molar-refractivity contribution is -0.0430. The Balaban J connectivity index is 1.57. The molecule has 2 aliphatic rings. The predicted octanol–water partition coefficient (Wildman–Crippen LogP) is 8.75. The van der Waals surface area contributed by atoms with Gasteiger partial charge < -0.3 is 15.0 Å². The van der Waals surface area contributed by atoms with Gasteiger partial charge in [-0.2, -0.15) is 0 Å². The molecule has 1 aliphatic heterocycles. The molecule has 0 bridgehead atoms. The first-order valence-corrected chi connectivity index (χ1v) is 16.3. The van der Waals surface area contributed by atoms with Crippen LogP contribution in [0.4, 0.5) is 0 Å². The molecule has 2 unspecified atom stereocenters. The van der Waals surface area contributed by atoms with Crippen LogP contribution in [0.15, 0.2) is 0 Å². The summed E-state index contributed by atoms with van der Waals surface area (Å²) in [5, 5.41) is 4.03. The Morgan fingerprint density at radius 3 is 2.00 bits per heavy atom. The number of hydrogen-bond donors (Lipinski definition) is 1. The number of likely N-dealkylation sites (tertiary alicyclic amines) is 1. The molecule has 0 spiro atoms. The zero-order valence-electron chi connectivity index (χ0n) is 24.5. The lowest BCUT2D eigenvalue weighted by Gasteiger charge is -2.40. The molecule has 2 fully saturated rings. The quantitative estimate of drug-likeness (QED) is 0.153. The van der Waals surface area contributed by atoms with Crippen LogP contribution in [0, 0.1) is 11.8 Å². The molecule has 2 rings (SSSR count). The lowest BCUT2D eigenvalue weighted by Crippen LogP contribution is -2.50. The van der Waals surface area contributed by atoms with E-state index < -0.39 is 0 Å². The van der Waals surface area contributed by atoms with E-state index in [1.807, 2.05) is 0 Å².